The second-order valence-corrected chi connectivity index (χ2v) is 5.87. The average Bonchev–Trinajstić information content (AvgIpc) is 2.69. The summed E-state index contributed by atoms with van der Waals surface area (Å²) in [6, 6.07) is 13.6. The molecule has 2 heterocycles. The van der Waals surface area contributed by atoms with Gasteiger partial charge in [-0.15, -0.1) is 0 Å². The van der Waals surface area contributed by atoms with Crippen molar-refractivity contribution in [2.24, 2.45) is 0 Å². The van der Waals surface area contributed by atoms with Crippen LogP contribution in [0.25, 0.3) is 0 Å². The Kier molecular flexibility index (Phi) is 5.53. The number of hydrogen-bond donors (Lipinski definition) is 1. The number of nitrogens with zero attached hydrogens (tertiary/aromatic N) is 3. The molecule has 0 aliphatic heterocycles. The molecule has 0 saturated heterocycles. The number of halogens is 1. The maximum absolute atomic E-state index is 13.7. The number of benzene rings is 1. The van der Waals surface area contributed by atoms with Gasteiger partial charge in [0.2, 0.25) is 0 Å². The smallest absolute Gasteiger partial charge is 0.255 e. The molecule has 3 rings (SSSR count). The lowest BCUT2D eigenvalue weighted by atomic mass is 10.2. The minimum atomic E-state index is -0.356. The molecule has 1 amide bonds. The van der Waals surface area contributed by atoms with Gasteiger partial charge in [-0.3, -0.25) is 9.78 Å². The van der Waals surface area contributed by atoms with Gasteiger partial charge in [-0.1, -0.05) is 12.1 Å². The van der Waals surface area contributed by atoms with E-state index in [4.69, 9.17) is 0 Å². The molecule has 5 nitrogen and oxygen atoms in total. The van der Waals surface area contributed by atoms with Gasteiger partial charge in [0.15, 0.2) is 0 Å². The molecule has 3 aromatic rings. The van der Waals surface area contributed by atoms with Crippen molar-refractivity contribution in [1.82, 2.24) is 14.9 Å². The van der Waals surface area contributed by atoms with E-state index < -0.39 is 0 Å². The second kappa shape index (κ2) is 8.20. The summed E-state index contributed by atoms with van der Waals surface area (Å²) in [6.45, 7) is 0.595. The Morgan fingerprint density at radius 2 is 1.88 bits per heavy atom. The number of carbonyl (C=O) groups excluding carboxylic acids is 1. The number of rotatable bonds is 6. The van der Waals surface area contributed by atoms with Crippen LogP contribution in [0.5, 0.6) is 0 Å². The van der Waals surface area contributed by atoms with Gasteiger partial charge in [0, 0.05) is 32.2 Å². The van der Waals surface area contributed by atoms with Crippen molar-refractivity contribution in [3.05, 3.63) is 84.1 Å². The molecule has 0 spiro atoms. The first-order chi connectivity index (χ1) is 12.6. The van der Waals surface area contributed by atoms with Gasteiger partial charge in [0.05, 0.1) is 11.3 Å². The number of aromatic nitrogens is 2. The van der Waals surface area contributed by atoms with Crippen LogP contribution in [0.1, 0.15) is 15.9 Å². The highest BCUT2D eigenvalue weighted by atomic mass is 19.1. The number of nitrogens with one attached hydrogen (secondary N) is 1. The Hall–Kier alpha value is -3.28. The summed E-state index contributed by atoms with van der Waals surface area (Å²) in [5, 5.41) is 2.90. The number of likely N-dealkylation sites (N-methyl/N-ethyl adjacent to an activating group) is 1. The average molecular weight is 350 g/mol. The fourth-order valence-corrected chi connectivity index (χ4v) is 2.46. The van der Waals surface area contributed by atoms with Crippen LogP contribution in [-0.2, 0) is 6.42 Å². The van der Waals surface area contributed by atoms with Crippen LogP contribution in [0, 0.1) is 5.82 Å². The van der Waals surface area contributed by atoms with Crippen molar-refractivity contribution in [3.8, 4) is 0 Å². The van der Waals surface area contributed by atoms with E-state index in [1.54, 1.807) is 54.7 Å². The molecular weight excluding hydrogens is 331 g/mol. The van der Waals surface area contributed by atoms with Crippen LogP contribution < -0.4 is 5.32 Å². The first-order valence-corrected chi connectivity index (χ1v) is 8.25. The Bertz CT molecular complexity index is 868. The number of amides is 1. The molecule has 26 heavy (non-hydrogen) atoms. The molecular formula is C20H19FN4O. The highest BCUT2D eigenvalue weighted by Gasteiger charge is 2.12. The Morgan fingerprint density at radius 1 is 1.12 bits per heavy atom. The van der Waals surface area contributed by atoms with Crippen LogP contribution in [0.3, 0.4) is 0 Å². The van der Waals surface area contributed by atoms with E-state index in [1.165, 1.54) is 12.3 Å². The van der Waals surface area contributed by atoms with Gasteiger partial charge in [-0.25, -0.2) is 9.37 Å². The monoisotopic (exact) mass is 350 g/mol. The van der Waals surface area contributed by atoms with Crippen molar-refractivity contribution >= 4 is 17.4 Å². The van der Waals surface area contributed by atoms with Crippen molar-refractivity contribution < 1.29 is 9.18 Å². The first-order valence-electron chi connectivity index (χ1n) is 8.25. The number of anilines is 2. The van der Waals surface area contributed by atoms with Crippen LogP contribution in [0.4, 0.5) is 15.9 Å². The van der Waals surface area contributed by atoms with E-state index in [0.29, 0.717) is 23.6 Å². The van der Waals surface area contributed by atoms with Crippen molar-refractivity contribution in [2.45, 2.75) is 6.42 Å². The third-order valence-corrected chi connectivity index (χ3v) is 3.98. The molecule has 1 aromatic carbocycles. The van der Waals surface area contributed by atoms with Crippen LogP contribution in [0.15, 0.2) is 67.1 Å². The summed E-state index contributed by atoms with van der Waals surface area (Å²) in [5.74, 6) is 0.0142. The van der Waals surface area contributed by atoms with Gasteiger partial charge >= 0.3 is 0 Å². The molecule has 2 aromatic heterocycles. The maximum Gasteiger partial charge on any atom is 0.255 e. The highest BCUT2D eigenvalue weighted by molar-refractivity contribution is 5.94. The molecule has 0 saturated carbocycles. The minimum Gasteiger partial charge on any atom is -0.341 e. The molecule has 132 valence electrons. The largest absolute Gasteiger partial charge is 0.341 e. The van der Waals surface area contributed by atoms with E-state index >= 15 is 0 Å². The van der Waals surface area contributed by atoms with Gasteiger partial charge in [0.25, 0.3) is 5.91 Å². The zero-order valence-electron chi connectivity index (χ0n) is 14.4. The minimum absolute atomic E-state index is 0.107. The quantitative estimate of drug-likeness (QED) is 0.737. The van der Waals surface area contributed by atoms with Gasteiger partial charge in [0.1, 0.15) is 11.6 Å². The lowest BCUT2D eigenvalue weighted by Crippen LogP contribution is -2.28. The van der Waals surface area contributed by atoms with Crippen LogP contribution in [0.2, 0.25) is 0 Å². The van der Waals surface area contributed by atoms with Crippen molar-refractivity contribution in [2.75, 3.05) is 18.9 Å². The maximum atomic E-state index is 13.7. The Labute approximate surface area is 151 Å². The molecule has 0 atom stereocenters. The summed E-state index contributed by atoms with van der Waals surface area (Å²) in [7, 11) is 1.76. The van der Waals surface area contributed by atoms with Crippen LogP contribution >= 0.6 is 0 Å². The molecule has 1 N–H and O–H groups in total. The van der Waals surface area contributed by atoms with E-state index in [1.807, 2.05) is 12.1 Å². The molecule has 0 aliphatic rings. The third-order valence-electron chi connectivity index (χ3n) is 3.98. The molecule has 0 unspecified atom stereocenters. The molecule has 0 radical (unpaired) electrons. The third kappa shape index (κ3) is 4.42. The standard InChI is InChI=1S/C20H19FN4O/c1-25(13-10-15-8-11-22-12-9-15)20(26)16-6-7-19(23-14-16)24-18-5-3-2-4-17(18)21/h2-9,11-12,14H,10,13H2,1H3,(H,23,24). The van der Waals surface area contributed by atoms with Gasteiger partial charge < -0.3 is 10.2 Å². The second-order valence-electron chi connectivity index (χ2n) is 5.87. The Morgan fingerprint density at radius 3 is 2.58 bits per heavy atom. The number of para-hydroxylation sites is 1. The van der Waals surface area contributed by atoms with Gasteiger partial charge in [-0.05, 0) is 48.4 Å². The Balaban J connectivity index is 1.60. The lowest BCUT2D eigenvalue weighted by Gasteiger charge is -2.17. The van der Waals surface area contributed by atoms with E-state index in [-0.39, 0.29) is 11.7 Å². The number of hydrogen-bond acceptors (Lipinski definition) is 4. The fraction of sp³-hybridized carbons (Fsp3) is 0.150. The first kappa shape index (κ1) is 17.5. The molecule has 6 heteroatoms. The topological polar surface area (TPSA) is 58.1 Å². The zero-order chi connectivity index (χ0) is 18.4. The number of pyridine rings is 2. The van der Waals surface area contributed by atoms with Gasteiger partial charge in [-0.2, -0.15) is 0 Å². The predicted molar refractivity (Wildman–Crippen MR) is 98.8 cm³/mol. The van der Waals surface area contributed by atoms with Crippen molar-refractivity contribution in [1.29, 1.82) is 0 Å². The summed E-state index contributed by atoms with van der Waals surface area (Å²) in [6.07, 6.45) is 5.73. The normalized spacial score (nSPS) is 10.4. The number of carbonyl (C=O) groups is 1. The van der Waals surface area contributed by atoms with Crippen LogP contribution in [-0.4, -0.2) is 34.4 Å². The summed E-state index contributed by atoms with van der Waals surface area (Å²) < 4.78 is 13.7. The summed E-state index contributed by atoms with van der Waals surface area (Å²) >= 11 is 0. The molecule has 0 fully saturated rings. The molecule has 0 bridgehead atoms. The van der Waals surface area contributed by atoms with Crippen molar-refractivity contribution in [3.63, 3.8) is 0 Å². The highest BCUT2D eigenvalue weighted by Crippen LogP contribution is 2.18. The SMILES string of the molecule is CN(CCc1ccncc1)C(=O)c1ccc(Nc2ccccc2F)nc1. The predicted octanol–water partition coefficient (Wildman–Crippen LogP) is 3.67. The lowest BCUT2D eigenvalue weighted by molar-refractivity contribution is 0.0796. The molecule has 0 aliphatic carbocycles. The van der Waals surface area contributed by atoms with E-state index in [9.17, 15) is 9.18 Å². The zero-order valence-corrected chi connectivity index (χ0v) is 14.4. The summed E-state index contributed by atoms with van der Waals surface area (Å²) in [5.41, 5.74) is 1.96. The van der Waals surface area contributed by atoms with E-state index in [2.05, 4.69) is 15.3 Å². The summed E-state index contributed by atoms with van der Waals surface area (Å²) in [4.78, 5) is 22.3. The van der Waals surface area contributed by atoms with E-state index in [0.717, 1.165) is 12.0 Å². The fourth-order valence-electron chi connectivity index (χ4n) is 2.46.